The van der Waals surface area contributed by atoms with E-state index >= 15 is 0 Å². The molecule has 0 radical (unpaired) electrons. The highest BCUT2D eigenvalue weighted by atomic mass is 16.6. The predicted octanol–water partition coefficient (Wildman–Crippen LogP) is 2.67. The van der Waals surface area contributed by atoms with Gasteiger partial charge < -0.3 is 10.5 Å². The summed E-state index contributed by atoms with van der Waals surface area (Å²) >= 11 is 0. The lowest BCUT2D eigenvalue weighted by Gasteiger charge is -2.30. The molecule has 0 bridgehead atoms. The molecule has 1 aromatic rings. The number of anilines is 1. The molecular weight excluding hydrogens is 288 g/mol. The lowest BCUT2D eigenvalue weighted by molar-refractivity contribution is -0.156. The molecule has 4 heteroatoms. The molecule has 2 N–H and O–H groups in total. The van der Waals surface area contributed by atoms with Gasteiger partial charge in [0.15, 0.2) is 0 Å². The predicted molar refractivity (Wildman–Crippen MR) is 92.7 cm³/mol. The van der Waals surface area contributed by atoms with E-state index in [1.54, 1.807) is 0 Å². The van der Waals surface area contributed by atoms with Gasteiger partial charge in [-0.15, -0.1) is 0 Å². The molecule has 1 fully saturated rings. The minimum Gasteiger partial charge on any atom is -0.459 e. The number of benzene rings is 1. The first-order chi connectivity index (χ1) is 10.8. The van der Waals surface area contributed by atoms with Crippen molar-refractivity contribution in [1.82, 2.24) is 4.90 Å². The molecule has 1 heterocycles. The van der Waals surface area contributed by atoms with Gasteiger partial charge in [0, 0.05) is 17.2 Å². The second-order valence-electron chi connectivity index (χ2n) is 7.03. The van der Waals surface area contributed by atoms with Crippen molar-refractivity contribution in [2.24, 2.45) is 5.92 Å². The number of esters is 1. The molecule has 1 aromatic carbocycles. The summed E-state index contributed by atoms with van der Waals surface area (Å²) in [7, 11) is 0. The molecule has 2 rings (SSSR count). The average molecular weight is 314 g/mol. The van der Waals surface area contributed by atoms with E-state index in [-0.39, 0.29) is 5.97 Å². The van der Waals surface area contributed by atoms with Gasteiger partial charge in [0.1, 0.15) is 5.60 Å². The molecule has 0 spiro atoms. The van der Waals surface area contributed by atoms with Crippen LogP contribution in [0.25, 0.3) is 0 Å². The summed E-state index contributed by atoms with van der Waals surface area (Å²) in [6.07, 6.45) is 1.98. The maximum atomic E-state index is 11.8. The maximum Gasteiger partial charge on any atom is 0.320 e. The Bertz CT molecular complexity index is 583. The molecule has 1 aliphatic heterocycles. The van der Waals surface area contributed by atoms with Crippen LogP contribution >= 0.6 is 0 Å². The number of rotatable bonds is 2. The minimum absolute atomic E-state index is 0.149. The number of ether oxygens (including phenoxy) is 1. The zero-order valence-corrected chi connectivity index (χ0v) is 14.3. The number of nitrogens with two attached hydrogens (primary N) is 1. The lowest BCUT2D eigenvalue weighted by Crippen LogP contribution is -2.39. The van der Waals surface area contributed by atoms with E-state index < -0.39 is 5.60 Å². The monoisotopic (exact) mass is 314 g/mol. The Morgan fingerprint density at radius 1 is 1.26 bits per heavy atom. The largest absolute Gasteiger partial charge is 0.459 e. The second-order valence-corrected chi connectivity index (χ2v) is 7.03. The summed E-state index contributed by atoms with van der Waals surface area (Å²) in [6, 6.07) is 7.63. The van der Waals surface area contributed by atoms with Crippen LogP contribution in [0.15, 0.2) is 24.3 Å². The molecular formula is C19H26N2O2. The van der Waals surface area contributed by atoms with Crippen LogP contribution in [0.4, 0.5) is 5.69 Å². The number of carbonyl (C=O) groups is 1. The van der Waals surface area contributed by atoms with Crippen LogP contribution in [-0.2, 0) is 9.53 Å². The smallest absolute Gasteiger partial charge is 0.320 e. The summed E-state index contributed by atoms with van der Waals surface area (Å²) in [4.78, 5) is 14.0. The third kappa shape index (κ3) is 6.33. The van der Waals surface area contributed by atoms with Crippen molar-refractivity contribution in [3.63, 3.8) is 0 Å². The maximum absolute atomic E-state index is 11.8. The van der Waals surface area contributed by atoms with E-state index in [4.69, 9.17) is 10.5 Å². The zero-order valence-electron chi connectivity index (χ0n) is 14.3. The number of carbonyl (C=O) groups excluding carboxylic acids is 1. The average Bonchev–Trinajstić information content (AvgIpc) is 2.46. The van der Waals surface area contributed by atoms with Crippen LogP contribution in [0.3, 0.4) is 0 Å². The third-order valence-corrected chi connectivity index (χ3v) is 3.69. The topological polar surface area (TPSA) is 55.6 Å². The number of piperidine rings is 1. The van der Waals surface area contributed by atoms with E-state index in [2.05, 4.69) is 16.7 Å². The fourth-order valence-electron chi connectivity index (χ4n) is 2.54. The van der Waals surface area contributed by atoms with Gasteiger partial charge in [-0.1, -0.05) is 11.8 Å². The molecule has 0 aliphatic carbocycles. The van der Waals surface area contributed by atoms with E-state index in [1.807, 2.05) is 45.0 Å². The van der Waals surface area contributed by atoms with Crippen LogP contribution in [0, 0.1) is 17.8 Å². The van der Waals surface area contributed by atoms with Crippen molar-refractivity contribution in [2.75, 3.05) is 25.4 Å². The van der Waals surface area contributed by atoms with Crippen molar-refractivity contribution in [3.05, 3.63) is 29.8 Å². The van der Waals surface area contributed by atoms with Crippen molar-refractivity contribution in [1.29, 1.82) is 0 Å². The fourth-order valence-corrected chi connectivity index (χ4v) is 2.54. The first kappa shape index (κ1) is 17.4. The molecule has 124 valence electrons. The van der Waals surface area contributed by atoms with E-state index in [1.165, 1.54) is 0 Å². The molecule has 1 saturated heterocycles. The summed E-state index contributed by atoms with van der Waals surface area (Å²) in [5.41, 5.74) is 7.00. The second kappa shape index (κ2) is 7.52. The molecule has 4 nitrogen and oxygen atoms in total. The lowest BCUT2D eigenvalue weighted by atomic mass is 9.97. The van der Waals surface area contributed by atoms with Crippen LogP contribution in [0.2, 0.25) is 0 Å². The van der Waals surface area contributed by atoms with Crippen molar-refractivity contribution in [2.45, 2.75) is 39.2 Å². The van der Waals surface area contributed by atoms with Crippen LogP contribution in [0.1, 0.15) is 39.2 Å². The summed E-state index contributed by atoms with van der Waals surface area (Å²) in [5, 5.41) is 0. The molecule has 0 atom stereocenters. The SMILES string of the molecule is CC(C)(C)OC(=O)CN1CCC(C#Cc2ccc(N)cc2)CC1. The van der Waals surface area contributed by atoms with Gasteiger partial charge in [0.2, 0.25) is 0 Å². The quantitative estimate of drug-likeness (QED) is 0.518. The molecule has 0 aromatic heterocycles. The Balaban J connectivity index is 1.78. The third-order valence-electron chi connectivity index (χ3n) is 3.69. The Kier molecular flexibility index (Phi) is 5.68. The number of nitrogens with zero attached hydrogens (tertiary/aromatic N) is 1. The van der Waals surface area contributed by atoms with Crippen LogP contribution in [-0.4, -0.2) is 36.1 Å². The van der Waals surface area contributed by atoms with Gasteiger partial charge in [-0.25, -0.2) is 0 Å². The molecule has 1 aliphatic rings. The highest BCUT2D eigenvalue weighted by Gasteiger charge is 2.22. The number of nitrogen functional groups attached to an aromatic ring is 1. The first-order valence-electron chi connectivity index (χ1n) is 8.13. The highest BCUT2D eigenvalue weighted by molar-refractivity contribution is 5.72. The summed E-state index contributed by atoms with van der Waals surface area (Å²) < 4.78 is 5.36. The Morgan fingerprint density at radius 3 is 2.43 bits per heavy atom. The fraction of sp³-hybridized carbons (Fsp3) is 0.526. The molecule has 0 saturated carbocycles. The van der Waals surface area contributed by atoms with Crippen molar-refractivity contribution in [3.8, 4) is 11.8 Å². The Labute approximate surface area is 139 Å². The molecule has 0 unspecified atom stereocenters. The Morgan fingerprint density at radius 2 is 1.87 bits per heavy atom. The van der Waals surface area contributed by atoms with E-state index in [0.29, 0.717) is 12.5 Å². The zero-order chi connectivity index (χ0) is 16.9. The van der Waals surface area contributed by atoms with Crippen molar-refractivity contribution < 1.29 is 9.53 Å². The number of hydrogen-bond donors (Lipinski definition) is 1. The summed E-state index contributed by atoms with van der Waals surface area (Å²) in [6.45, 7) is 7.83. The van der Waals surface area contributed by atoms with Crippen LogP contribution < -0.4 is 5.73 Å². The first-order valence-corrected chi connectivity index (χ1v) is 8.13. The highest BCUT2D eigenvalue weighted by Crippen LogP contribution is 2.17. The van der Waals surface area contributed by atoms with Gasteiger partial charge in [0.25, 0.3) is 0 Å². The van der Waals surface area contributed by atoms with Gasteiger partial charge in [-0.3, -0.25) is 9.69 Å². The normalized spacial score (nSPS) is 16.5. The van der Waals surface area contributed by atoms with Crippen molar-refractivity contribution >= 4 is 11.7 Å². The van der Waals surface area contributed by atoms with Gasteiger partial charge >= 0.3 is 5.97 Å². The van der Waals surface area contributed by atoms with Gasteiger partial charge in [-0.05, 0) is 71.0 Å². The standard InChI is InChI=1S/C19H26N2O2/c1-19(2,3)23-18(22)14-21-12-10-16(11-13-21)5-4-15-6-8-17(20)9-7-15/h6-9,16H,10-14,20H2,1-3H3. The Hall–Kier alpha value is -1.99. The number of hydrogen-bond acceptors (Lipinski definition) is 4. The van der Waals surface area contributed by atoms with E-state index in [0.717, 1.165) is 37.2 Å². The molecule has 0 amide bonds. The summed E-state index contributed by atoms with van der Waals surface area (Å²) in [5.74, 6) is 6.79. The molecule has 23 heavy (non-hydrogen) atoms. The minimum atomic E-state index is -0.417. The van der Waals surface area contributed by atoms with Gasteiger partial charge in [-0.2, -0.15) is 0 Å². The van der Waals surface area contributed by atoms with Crippen LogP contribution in [0.5, 0.6) is 0 Å². The van der Waals surface area contributed by atoms with E-state index in [9.17, 15) is 4.79 Å². The van der Waals surface area contributed by atoms with Gasteiger partial charge in [0.05, 0.1) is 6.54 Å². The number of likely N-dealkylation sites (tertiary alicyclic amines) is 1.